The van der Waals surface area contributed by atoms with Crippen LogP contribution in [0.1, 0.15) is 25.3 Å². The number of amides is 1. The van der Waals surface area contributed by atoms with Crippen LogP contribution >= 0.6 is 11.8 Å². The molecular formula is C16H17N3O3S. The van der Waals surface area contributed by atoms with Crippen LogP contribution in [0.3, 0.4) is 0 Å². The first-order valence-corrected chi connectivity index (χ1v) is 8.63. The van der Waals surface area contributed by atoms with Crippen molar-refractivity contribution in [2.75, 3.05) is 17.9 Å². The van der Waals surface area contributed by atoms with Gasteiger partial charge in [-0.05, 0) is 25.0 Å². The van der Waals surface area contributed by atoms with E-state index in [2.05, 4.69) is 14.9 Å². The SMILES string of the molecule is O=C(CCSc1nccn1C1CC1)Nc1ccc2c(c1)OCO2. The van der Waals surface area contributed by atoms with Gasteiger partial charge in [0.05, 0.1) is 0 Å². The number of thioether (sulfide) groups is 1. The first-order chi connectivity index (χ1) is 11.3. The number of hydrogen-bond donors (Lipinski definition) is 1. The van der Waals surface area contributed by atoms with E-state index < -0.39 is 0 Å². The van der Waals surface area contributed by atoms with Gasteiger partial charge in [0.2, 0.25) is 12.7 Å². The van der Waals surface area contributed by atoms with E-state index in [0.29, 0.717) is 29.7 Å². The fourth-order valence-corrected chi connectivity index (χ4v) is 3.44. The lowest BCUT2D eigenvalue weighted by Crippen LogP contribution is -2.12. The van der Waals surface area contributed by atoms with Crippen molar-refractivity contribution in [2.45, 2.75) is 30.5 Å². The summed E-state index contributed by atoms with van der Waals surface area (Å²) in [6, 6.07) is 6.02. The van der Waals surface area contributed by atoms with E-state index in [0.717, 1.165) is 10.8 Å². The Labute approximate surface area is 138 Å². The molecule has 0 unspecified atom stereocenters. The zero-order chi connectivity index (χ0) is 15.6. The fraction of sp³-hybridized carbons (Fsp3) is 0.375. The molecule has 1 fully saturated rings. The monoisotopic (exact) mass is 331 g/mol. The second-order valence-electron chi connectivity index (χ2n) is 5.56. The number of benzene rings is 1. The molecule has 0 radical (unpaired) electrons. The summed E-state index contributed by atoms with van der Waals surface area (Å²) in [6.07, 6.45) is 6.75. The summed E-state index contributed by atoms with van der Waals surface area (Å²) in [5, 5.41) is 3.89. The highest BCUT2D eigenvalue weighted by molar-refractivity contribution is 7.99. The molecule has 1 aliphatic heterocycles. The number of carbonyl (C=O) groups is 1. The fourth-order valence-electron chi connectivity index (χ4n) is 2.47. The number of fused-ring (bicyclic) bond motifs is 1. The number of carbonyl (C=O) groups excluding carboxylic acids is 1. The van der Waals surface area contributed by atoms with Crippen LogP contribution in [0.5, 0.6) is 11.5 Å². The number of aromatic nitrogens is 2. The normalized spacial score (nSPS) is 15.7. The molecular weight excluding hydrogens is 314 g/mol. The molecule has 1 amide bonds. The van der Waals surface area contributed by atoms with Gasteiger partial charge in [0.15, 0.2) is 16.7 Å². The quantitative estimate of drug-likeness (QED) is 0.824. The third kappa shape index (κ3) is 3.29. The Morgan fingerprint density at radius 2 is 2.22 bits per heavy atom. The van der Waals surface area contributed by atoms with Crippen molar-refractivity contribution in [3.8, 4) is 11.5 Å². The van der Waals surface area contributed by atoms with Gasteiger partial charge in [-0.3, -0.25) is 4.79 Å². The number of nitrogens with zero attached hydrogens (tertiary/aromatic N) is 2. The van der Waals surface area contributed by atoms with E-state index >= 15 is 0 Å². The summed E-state index contributed by atoms with van der Waals surface area (Å²) in [5.41, 5.74) is 0.726. The summed E-state index contributed by atoms with van der Waals surface area (Å²) in [6.45, 7) is 0.233. The zero-order valence-corrected chi connectivity index (χ0v) is 13.3. The summed E-state index contributed by atoms with van der Waals surface area (Å²) < 4.78 is 12.8. The molecule has 0 atom stereocenters. The van der Waals surface area contributed by atoms with Gasteiger partial charge in [-0.15, -0.1) is 0 Å². The van der Waals surface area contributed by atoms with Gasteiger partial charge >= 0.3 is 0 Å². The molecule has 2 heterocycles. The minimum Gasteiger partial charge on any atom is -0.454 e. The first kappa shape index (κ1) is 14.4. The molecule has 1 N–H and O–H groups in total. The van der Waals surface area contributed by atoms with Gasteiger partial charge in [-0.25, -0.2) is 4.98 Å². The van der Waals surface area contributed by atoms with E-state index in [-0.39, 0.29) is 12.7 Å². The smallest absolute Gasteiger partial charge is 0.231 e. The number of ether oxygens (including phenoxy) is 2. The molecule has 6 nitrogen and oxygen atoms in total. The lowest BCUT2D eigenvalue weighted by Gasteiger charge is -2.07. The second kappa shape index (κ2) is 6.16. The van der Waals surface area contributed by atoms with Crippen LogP contribution in [-0.2, 0) is 4.79 Å². The molecule has 120 valence electrons. The zero-order valence-electron chi connectivity index (χ0n) is 12.5. The van der Waals surface area contributed by atoms with Gasteiger partial charge in [-0.1, -0.05) is 11.8 Å². The predicted molar refractivity (Wildman–Crippen MR) is 87.0 cm³/mol. The summed E-state index contributed by atoms with van der Waals surface area (Å²) in [4.78, 5) is 16.4. The van der Waals surface area contributed by atoms with Gasteiger partial charge < -0.3 is 19.4 Å². The van der Waals surface area contributed by atoms with Crippen LogP contribution < -0.4 is 14.8 Å². The van der Waals surface area contributed by atoms with Crippen molar-refractivity contribution < 1.29 is 14.3 Å². The van der Waals surface area contributed by atoms with Crippen molar-refractivity contribution in [1.29, 1.82) is 0 Å². The Morgan fingerprint density at radius 1 is 1.35 bits per heavy atom. The Morgan fingerprint density at radius 3 is 3.09 bits per heavy atom. The minimum absolute atomic E-state index is 0.0131. The second-order valence-corrected chi connectivity index (χ2v) is 6.63. The highest BCUT2D eigenvalue weighted by atomic mass is 32.2. The van der Waals surface area contributed by atoms with E-state index in [1.165, 1.54) is 12.8 Å². The van der Waals surface area contributed by atoms with Crippen molar-refractivity contribution >= 4 is 23.4 Å². The van der Waals surface area contributed by atoms with Crippen LogP contribution in [-0.4, -0.2) is 28.0 Å². The highest BCUT2D eigenvalue weighted by Crippen LogP contribution is 2.37. The van der Waals surface area contributed by atoms with Crippen molar-refractivity contribution in [3.05, 3.63) is 30.6 Å². The third-order valence-electron chi connectivity index (χ3n) is 3.79. The predicted octanol–water partition coefficient (Wildman–Crippen LogP) is 3.07. The van der Waals surface area contributed by atoms with Crippen molar-refractivity contribution in [2.24, 2.45) is 0 Å². The standard InChI is InChI=1S/C16H17N3O3S/c20-15(18-11-1-4-13-14(9-11)22-10-21-13)5-8-23-16-17-6-7-19(16)12-2-3-12/h1,4,6-7,9,12H,2-3,5,8,10H2,(H,18,20). The first-order valence-electron chi connectivity index (χ1n) is 7.65. The number of hydrogen-bond acceptors (Lipinski definition) is 5. The molecule has 0 saturated heterocycles. The van der Waals surface area contributed by atoms with Gasteiger partial charge in [0.25, 0.3) is 0 Å². The maximum Gasteiger partial charge on any atom is 0.231 e. The maximum atomic E-state index is 12.0. The number of imidazole rings is 1. The average molecular weight is 331 g/mol. The molecule has 1 aliphatic carbocycles. The lowest BCUT2D eigenvalue weighted by molar-refractivity contribution is -0.115. The molecule has 23 heavy (non-hydrogen) atoms. The third-order valence-corrected chi connectivity index (χ3v) is 4.77. The molecule has 1 aromatic carbocycles. The number of nitrogens with one attached hydrogen (secondary N) is 1. The van der Waals surface area contributed by atoms with Gasteiger partial charge in [0, 0.05) is 42.4 Å². The Bertz CT molecular complexity index is 727. The Kier molecular flexibility index (Phi) is 3.87. The largest absolute Gasteiger partial charge is 0.454 e. The van der Waals surface area contributed by atoms with Gasteiger partial charge in [-0.2, -0.15) is 0 Å². The number of rotatable bonds is 6. The molecule has 1 aromatic heterocycles. The van der Waals surface area contributed by atoms with E-state index in [4.69, 9.17) is 9.47 Å². The average Bonchev–Trinajstić information content (AvgIpc) is 3.09. The summed E-state index contributed by atoms with van der Waals surface area (Å²) in [7, 11) is 0. The Hall–Kier alpha value is -2.15. The van der Waals surface area contributed by atoms with Gasteiger partial charge in [0.1, 0.15) is 0 Å². The molecule has 0 spiro atoms. The van der Waals surface area contributed by atoms with Crippen LogP contribution in [0.15, 0.2) is 35.7 Å². The van der Waals surface area contributed by atoms with E-state index in [9.17, 15) is 4.79 Å². The lowest BCUT2D eigenvalue weighted by atomic mass is 10.2. The van der Waals surface area contributed by atoms with E-state index in [1.807, 2.05) is 18.5 Å². The van der Waals surface area contributed by atoms with Crippen molar-refractivity contribution in [1.82, 2.24) is 9.55 Å². The van der Waals surface area contributed by atoms with Crippen molar-refractivity contribution in [3.63, 3.8) is 0 Å². The molecule has 4 rings (SSSR count). The number of anilines is 1. The maximum absolute atomic E-state index is 12.0. The summed E-state index contributed by atoms with van der Waals surface area (Å²) in [5.74, 6) is 2.08. The summed E-state index contributed by atoms with van der Waals surface area (Å²) >= 11 is 1.63. The Balaban J connectivity index is 1.28. The molecule has 2 aromatic rings. The van der Waals surface area contributed by atoms with Crippen LogP contribution in [0.4, 0.5) is 5.69 Å². The molecule has 7 heteroatoms. The van der Waals surface area contributed by atoms with Crippen LogP contribution in [0.2, 0.25) is 0 Å². The minimum atomic E-state index is -0.0131. The van der Waals surface area contributed by atoms with Crippen LogP contribution in [0, 0.1) is 0 Å². The van der Waals surface area contributed by atoms with Crippen LogP contribution in [0.25, 0.3) is 0 Å². The van der Waals surface area contributed by atoms with E-state index in [1.54, 1.807) is 23.9 Å². The molecule has 2 aliphatic rings. The molecule has 1 saturated carbocycles. The topological polar surface area (TPSA) is 65.4 Å². The molecule has 0 bridgehead atoms. The highest BCUT2D eigenvalue weighted by Gasteiger charge is 2.25.